The molecule has 0 radical (unpaired) electrons. The Labute approximate surface area is 168 Å². The van der Waals surface area contributed by atoms with Gasteiger partial charge in [-0.25, -0.2) is 0 Å². The van der Waals surface area contributed by atoms with Gasteiger partial charge in [0.1, 0.15) is 0 Å². The van der Waals surface area contributed by atoms with Crippen LogP contribution in [0.2, 0.25) is 0 Å². The van der Waals surface area contributed by atoms with Gasteiger partial charge in [0, 0.05) is 35.2 Å². The van der Waals surface area contributed by atoms with E-state index in [1.807, 2.05) is 54.7 Å². The molecule has 2 aromatic carbocycles. The molecule has 1 N–H and O–H groups in total. The van der Waals surface area contributed by atoms with E-state index < -0.39 is 0 Å². The SMILES string of the molecule is O=C(CCc1ccc2c(c1)OCO2)Nc1ccc(SCc2cccnc2)cc1. The van der Waals surface area contributed by atoms with Crippen LogP contribution in [0.15, 0.2) is 71.9 Å². The van der Waals surface area contributed by atoms with Crippen LogP contribution < -0.4 is 14.8 Å². The molecular formula is C22H20N2O3S. The Morgan fingerprint density at radius 3 is 2.71 bits per heavy atom. The molecule has 4 rings (SSSR count). The number of pyridine rings is 1. The third-order valence-corrected chi connectivity index (χ3v) is 5.43. The van der Waals surface area contributed by atoms with Gasteiger partial charge in [0.2, 0.25) is 12.7 Å². The second kappa shape index (κ2) is 8.80. The number of amides is 1. The average molecular weight is 392 g/mol. The lowest BCUT2D eigenvalue weighted by Gasteiger charge is -2.07. The first-order valence-corrected chi connectivity index (χ1v) is 10.0. The molecule has 2 heterocycles. The first-order valence-electron chi connectivity index (χ1n) is 9.06. The van der Waals surface area contributed by atoms with Crippen LogP contribution in [0.3, 0.4) is 0 Å². The van der Waals surface area contributed by atoms with Gasteiger partial charge >= 0.3 is 0 Å². The Morgan fingerprint density at radius 2 is 1.89 bits per heavy atom. The predicted molar refractivity (Wildman–Crippen MR) is 110 cm³/mol. The Hall–Kier alpha value is -2.99. The minimum atomic E-state index is -0.00608. The van der Waals surface area contributed by atoms with E-state index in [1.165, 1.54) is 5.56 Å². The van der Waals surface area contributed by atoms with Crippen molar-refractivity contribution in [3.8, 4) is 11.5 Å². The van der Waals surface area contributed by atoms with Crippen molar-refractivity contribution in [2.24, 2.45) is 0 Å². The second-order valence-corrected chi connectivity index (χ2v) is 7.46. The van der Waals surface area contributed by atoms with Gasteiger partial charge in [-0.05, 0) is 60.0 Å². The number of fused-ring (bicyclic) bond motifs is 1. The minimum Gasteiger partial charge on any atom is -0.454 e. The fraction of sp³-hybridized carbons (Fsp3) is 0.182. The zero-order valence-electron chi connectivity index (χ0n) is 15.3. The highest BCUT2D eigenvalue weighted by molar-refractivity contribution is 7.98. The molecule has 0 fully saturated rings. The van der Waals surface area contributed by atoms with Gasteiger partial charge in [-0.2, -0.15) is 0 Å². The summed E-state index contributed by atoms with van der Waals surface area (Å²) in [6, 6.07) is 17.7. The van der Waals surface area contributed by atoms with Crippen LogP contribution >= 0.6 is 11.8 Å². The molecule has 1 aliphatic rings. The molecular weight excluding hydrogens is 372 g/mol. The Kier molecular flexibility index (Phi) is 5.77. The third kappa shape index (κ3) is 4.84. The molecule has 0 atom stereocenters. The molecule has 0 spiro atoms. The van der Waals surface area contributed by atoms with Crippen molar-refractivity contribution >= 4 is 23.4 Å². The quantitative estimate of drug-likeness (QED) is 0.592. The first-order chi connectivity index (χ1) is 13.8. The predicted octanol–water partition coefficient (Wildman–Crippen LogP) is 4.67. The Balaban J connectivity index is 1.25. The standard InChI is InChI=1S/C22H20N2O3S/c25-22(10-4-16-3-9-20-21(12-16)27-15-26-20)24-18-5-7-19(8-6-18)28-14-17-2-1-11-23-13-17/h1-3,5-9,11-13H,4,10,14-15H2,(H,24,25). The number of ether oxygens (including phenoxy) is 2. The molecule has 0 saturated carbocycles. The molecule has 0 bridgehead atoms. The number of aryl methyl sites for hydroxylation is 1. The number of carbonyl (C=O) groups excluding carboxylic acids is 1. The molecule has 3 aromatic rings. The highest BCUT2D eigenvalue weighted by Gasteiger charge is 2.13. The Morgan fingerprint density at radius 1 is 1.04 bits per heavy atom. The third-order valence-electron chi connectivity index (χ3n) is 4.34. The summed E-state index contributed by atoms with van der Waals surface area (Å²) in [5.74, 6) is 2.37. The van der Waals surface area contributed by atoms with Crippen molar-refractivity contribution < 1.29 is 14.3 Å². The van der Waals surface area contributed by atoms with Crippen molar-refractivity contribution in [1.29, 1.82) is 0 Å². The Bertz CT molecular complexity index is 946. The summed E-state index contributed by atoms with van der Waals surface area (Å²) < 4.78 is 10.7. The lowest BCUT2D eigenvalue weighted by Crippen LogP contribution is -2.12. The highest BCUT2D eigenvalue weighted by atomic mass is 32.2. The van der Waals surface area contributed by atoms with Crippen LogP contribution in [0.5, 0.6) is 11.5 Å². The number of nitrogens with one attached hydrogen (secondary N) is 1. The van der Waals surface area contributed by atoms with Crippen molar-refractivity contribution in [3.05, 3.63) is 78.1 Å². The maximum atomic E-state index is 12.2. The number of aromatic nitrogens is 1. The fourth-order valence-corrected chi connectivity index (χ4v) is 3.70. The fourth-order valence-electron chi connectivity index (χ4n) is 2.86. The van der Waals surface area contributed by atoms with E-state index in [4.69, 9.17) is 9.47 Å². The molecule has 1 aliphatic heterocycles. The van der Waals surface area contributed by atoms with Gasteiger partial charge in [-0.3, -0.25) is 9.78 Å². The number of benzene rings is 2. The topological polar surface area (TPSA) is 60.5 Å². The van der Waals surface area contributed by atoms with E-state index in [2.05, 4.69) is 16.4 Å². The van der Waals surface area contributed by atoms with E-state index in [-0.39, 0.29) is 12.7 Å². The highest BCUT2D eigenvalue weighted by Crippen LogP contribution is 2.32. The maximum absolute atomic E-state index is 12.2. The van der Waals surface area contributed by atoms with Crippen LogP contribution in [0.4, 0.5) is 5.69 Å². The van der Waals surface area contributed by atoms with Crippen molar-refractivity contribution in [2.45, 2.75) is 23.5 Å². The van der Waals surface area contributed by atoms with Crippen LogP contribution in [0.1, 0.15) is 17.5 Å². The van der Waals surface area contributed by atoms with Gasteiger partial charge in [0.15, 0.2) is 11.5 Å². The molecule has 0 saturated heterocycles. The molecule has 142 valence electrons. The van der Waals surface area contributed by atoms with E-state index in [9.17, 15) is 4.79 Å². The van der Waals surface area contributed by atoms with E-state index in [0.717, 1.165) is 33.4 Å². The molecule has 5 nitrogen and oxygen atoms in total. The number of hydrogen-bond donors (Lipinski definition) is 1. The summed E-state index contributed by atoms with van der Waals surface area (Å²) in [5.41, 5.74) is 3.05. The average Bonchev–Trinajstić information content (AvgIpc) is 3.20. The maximum Gasteiger partial charge on any atom is 0.231 e. The van der Waals surface area contributed by atoms with Crippen LogP contribution in [0.25, 0.3) is 0 Å². The van der Waals surface area contributed by atoms with Gasteiger partial charge in [-0.1, -0.05) is 12.1 Å². The molecule has 0 unspecified atom stereocenters. The van der Waals surface area contributed by atoms with Crippen molar-refractivity contribution in [1.82, 2.24) is 4.98 Å². The van der Waals surface area contributed by atoms with Crippen molar-refractivity contribution in [2.75, 3.05) is 12.1 Å². The van der Waals surface area contributed by atoms with Crippen LogP contribution in [-0.4, -0.2) is 17.7 Å². The molecule has 0 aliphatic carbocycles. The van der Waals surface area contributed by atoms with E-state index >= 15 is 0 Å². The number of nitrogens with zero attached hydrogens (tertiary/aromatic N) is 1. The lowest BCUT2D eigenvalue weighted by atomic mass is 10.1. The lowest BCUT2D eigenvalue weighted by molar-refractivity contribution is -0.116. The normalized spacial score (nSPS) is 12.0. The summed E-state index contributed by atoms with van der Waals surface area (Å²) >= 11 is 1.74. The first kappa shape index (κ1) is 18.4. The summed E-state index contributed by atoms with van der Waals surface area (Å²) in [6.45, 7) is 0.260. The number of carbonyl (C=O) groups is 1. The second-order valence-electron chi connectivity index (χ2n) is 6.41. The van der Waals surface area contributed by atoms with Crippen LogP contribution in [0, 0.1) is 0 Å². The van der Waals surface area contributed by atoms with Gasteiger partial charge in [0.05, 0.1) is 0 Å². The zero-order chi connectivity index (χ0) is 19.2. The summed E-state index contributed by atoms with van der Waals surface area (Å²) in [6.07, 6.45) is 4.72. The number of hydrogen-bond acceptors (Lipinski definition) is 5. The monoisotopic (exact) mass is 392 g/mol. The smallest absolute Gasteiger partial charge is 0.231 e. The van der Waals surface area contributed by atoms with Gasteiger partial charge < -0.3 is 14.8 Å². The molecule has 1 aromatic heterocycles. The van der Waals surface area contributed by atoms with Crippen molar-refractivity contribution in [3.63, 3.8) is 0 Å². The summed E-state index contributed by atoms with van der Waals surface area (Å²) in [5, 5.41) is 2.95. The molecule has 6 heteroatoms. The van der Waals surface area contributed by atoms with Gasteiger partial charge in [-0.15, -0.1) is 11.8 Å². The number of rotatable bonds is 7. The van der Waals surface area contributed by atoms with E-state index in [0.29, 0.717) is 12.8 Å². The number of thioether (sulfide) groups is 1. The summed E-state index contributed by atoms with van der Waals surface area (Å²) in [7, 11) is 0. The minimum absolute atomic E-state index is 0.00608. The zero-order valence-corrected chi connectivity index (χ0v) is 16.1. The number of anilines is 1. The van der Waals surface area contributed by atoms with E-state index in [1.54, 1.807) is 18.0 Å². The molecule has 1 amide bonds. The van der Waals surface area contributed by atoms with Gasteiger partial charge in [0.25, 0.3) is 0 Å². The van der Waals surface area contributed by atoms with Crippen LogP contribution in [-0.2, 0) is 17.0 Å². The summed E-state index contributed by atoms with van der Waals surface area (Å²) in [4.78, 5) is 17.5. The molecule has 28 heavy (non-hydrogen) atoms. The largest absolute Gasteiger partial charge is 0.454 e.